The molecule has 2 N–H and O–H groups in total. The summed E-state index contributed by atoms with van der Waals surface area (Å²) in [5.41, 5.74) is 1.44. The van der Waals surface area contributed by atoms with Gasteiger partial charge in [0.2, 0.25) is 0 Å². The Morgan fingerprint density at radius 3 is 1.46 bits per heavy atom. The molecule has 7 aromatic rings. The van der Waals surface area contributed by atoms with Crippen molar-refractivity contribution in [1.82, 2.24) is 9.97 Å². The molecular weight excluding hydrogens is 468 g/mol. The summed E-state index contributed by atoms with van der Waals surface area (Å²) < 4.78 is 5.55. The van der Waals surface area contributed by atoms with Gasteiger partial charge in [0.25, 0.3) is 0 Å². The second kappa shape index (κ2) is 7.24. The van der Waals surface area contributed by atoms with E-state index in [4.69, 9.17) is 4.74 Å². The van der Waals surface area contributed by atoms with Gasteiger partial charge in [-0.2, -0.15) is 0 Å². The van der Waals surface area contributed by atoms with Gasteiger partial charge in [0.05, 0.1) is 45.3 Å². The summed E-state index contributed by atoms with van der Waals surface area (Å²) in [5, 5.41) is 2.41. The molecular formula is C30H18N2O5. The quantitative estimate of drug-likeness (QED) is 0.263. The first kappa shape index (κ1) is 21.3. The van der Waals surface area contributed by atoms with E-state index in [-0.39, 0.29) is 43.6 Å². The molecule has 0 unspecified atom stereocenters. The van der Waals surface area contributed by atoms with Crippen molar-refractivity contribution in [3.8, 4) is 5.75 Å². The molecule has 1 heterocycles. The zero-order valence-corrected chi connectivity index (χ0v) is 19.8. The van der Waals surface area contributed by atoms with Crippen LogP contribution in [0, 0.1) is 6.92 Å². The minimum atomic E-state index is -0.298. The first-order chi connectivity index (χ1) is 17.9. The third-order valence-electron chi connectivity index (χ3n) is 7.30. The highest BCUT2D eigenvalue weighted by Gasteiger charge is 2.21. The van der Waals surface area contributed by atoms with Gasteiger partial charge < -0.3 is 14.7 Å². The maximum absolute atomic E-state index is 13.7. The van der Waals surface area contributed by atoms with Crippen LogP contribution in [0.15, 0.2) is 79.8 Å². The molecule has 0 saturated heterocycles. The van der Waals surface area contributed by atoms with Crippen LogP contribution in [0.5, 0.6) is 5.75 Å². The maximum Gasteiger partial charge on any atom is 0.198 e. The Labute approximate surface area is 206 Å². The van der Waals surface area contributed by atoms with Crippen LogP contribution in [0.25, 0.3) is 65.2 Å². The van der Waals surface area contributed by atoms with Gasteiger partial charge >= 0.3 is 0 Å². The number of fused-ring (bicyclic) bond motifs is 8. The monoisotopic (exact) mass is 486 g/mol. The number of rotatable bonds is 1. The number of hydrogen-bond acceptors (Lipinski definition) is 5. The first-order valence-corrected chi connectivity index (χ1v) is 11.7. The number of H-pyrrole nitrogens is 2. The lowest BCUT2D eigenvalue weighted by Gasteiger charge is -2.13. The molecule has 0 aliphatic carbocycles. The van der Waals surface area contributed by atoms with Crippen LogP contribution in [-0.2, 0) is 0 Å². The zero-order valence-electron chi connectivity index (χ0n) is 19.8. The van der Waals surface area contributed by atoms with E-state index in [2.05, 4.69) is 9.97 Å². The van der Waals surface area contributed by atoms with E-state index in [9.17, 15) is 19.2 Å². The van der Waals surface area contributed by atoms with Crippen molar-refractivity contribution in [3.63, 3.8) is 0 Å². The number of hydrogen-bond donors (Lipinski definition) is 2. The van der Waals surface area contributed by atoms with Gasteiger partial charge in [-0.15, -0.1) is 0 Å². The Morgan fingerprint density at radius 2 is 0.973 bits per heavy atom. The summed E-state index contributed by atoms with van der Waals surface area (Å²) in [6, 6.07) is 16.9. The van der Waals surface area contributed by atoms with Crippen LogP contribution in [0.4, 0.5) is 0 Å². The second-order valence-electron chi connectivity index (χ2n) is 9.28. The second-order valence-corrected chi connectivity index (χ2v) is 9.28. The van der Waals surface area contributed by atoms with Crippen LogP contribution >= 0.6 is 0 Å². The SMILES string of the molecule is COc1cc2[nH]c3c(cc(C)c4c(=O)c5ccccc5c(=O)c43)[nH]c2c2c(=O)c3ccccc3c(=O)c12. The van der Waals surface area contributed by atoms with Gasteiger partial charge in [-0.1, -0.05) is 48.5 Å². The van der Waals surface area contributed by atoms with Gasteiger partial charge in [-0.25, -0.2) is 0 Å². The third kappa shape index (κ3) is 2.65. The van der Waals surface area contributed by atoms with Crippen LogP contribution in [-0.4, -0.2) is 17.1 Å². The van der Waals surface area contributed by atoms with Gasteiger partial charge in [-0.05, 0) is 18.6 Å². The summed E-state index contributed by atoms with van der Waals surface area (Å²) in [6.45, 7) is 1.78. The topological polar surface area (TPSA) is 109 Å². The summed E-state index contributed by atoms with van der Waals surface area (Å²) in [4.78, 5) is 60.7. The third-order valence-corrected chi connectivity index (χ3v) is 7.30. The predicted molar refractivity (Wildman–Crippen MR) is 148 cm³/mol. The fourth-order valence-corrected chi connectivity index (χ4v) is 5.63. The minimum Gasteiger partial charge on any atom is -0.496 e. The smallest absolute Gasteiger partial charge is 0.198 e. The highest BCUT2D eigenvalue weighted by molar-refractivity contribution is 6.16. The lowest BCUT2D eigenvalue weighted by Crippen LogP contribution is -2.16. The number of aryl methyl sites for hydroxylation is 1. The fourth-order valence-electron chi connectivity index (χ4n) is 5.63. The fraction of sp³-hybridized carbons (Fsp3) is 0.0667. The van der Waals surface area contributed by atoms with Crippen LogP contribution in [0.2, 0.25) is 0 Å². The van der Waals surface area contributed by atoms with E-state index >= 15 is 0 Å². The van der Waals surface area contributed by atoms with E-state index in [1.54, 1.807) is 67.6 Å². The zero-order chi connectivity index (χ0) is 25.6. The summed E-state index contributed by atoms with van der Waals surface area (Å²) >= 11 is 0. The Kier molecular flexibility index (Phi) is 4.16. The highest BCUT2D eigenvalue weighted by atomic mass is 16.5. The van der Waals surface area contributed by atoms with E-state index in [0.29, 0.717) is 54.6 Å². The van der Waals surface area contributed by atoms with E-state index in [1.807, 2.05) is 0 Å². The Balaban J connectivity index is 1.78. The van der Waals surface area contributed by atoms with Gasteiger partial charge in [0.1, 0.15) is 5.75 Å². The number of benzene rings is 6. The number of methoxy groups -OCH3 is 1. The molecule has 0 aliphatic heterocycles. The molecule has 0 amide bonds. The van der Waals surface area contributed by atoms with Crippen molar-refractivity contribution >= 4 is 65.2 Å². The van der Waals surface area contributed by atoms with E-state index in [0.717, 1.165) is 0 Å². The normalized spacial score (nSPS) is 11.9. The molecule has 178 valence electrons. The van der Waals surface area contributed by atoms with Crippen LogP contribution in [0.3, 0.4) is 0 Å². The van der Waals surface area contributed by atoms with Crippen molar-refractivity contribution in [2.75, 3.05) is 7.11 Å². The average Bonchev–Trinajstić information content (AvgIpc) is 2.92. The first-order valence-electron chi connectivity index (χ1n) is 11.7. The average molecular weight is 486 g/mol. The number of aromatic amines is 2. The molecule has 0 radical (unpaired) electrons. The van der Waals surface area contributed by atoms with Gasteiger partial charge in [0, 0.05) is 33.0 Å². The molecule has 1 aromatic heterocycles. The van der Waals surface area contributed by atoms with Crippen molar-refractivity contribution in [1.29, 1.82) is 0 Å². The van der Waals surface area contributed by atoms with Gasteiger partial charge in [0.15, 0.2) is 21.7 Å². The lowest BCUT2D eigenvalue weighted by molar-refractivity contribution is 0.420. The van der Waals surface area contributed by atoms with Crippen LogP contribution in [0.1, 0.15) is 5.56 Å². The molecule has 0 atom stereocenters. The molecule has 7 rings (SSSR count). The van der Waals surface area contributed by atoms with Crippen molar-refractivity contribution in [3.05, 3.63) is 107 Å². The van der Waals surface area contributed by atoms with Crippen molar-refractivity contribution in [2.45, 2.75) is 6.92 Å². The highest BCUT2D eigenvalue weighted by Crippen LogP contribution is 2.32. The number of nitrogens with one attached hydrogen (secondary N) is 2. The maximum atomic E-state index is 13.7. The molecule has 7 heteroatoms. The van der Waals surface area contributed by atoms with Crippen LogP contribution < -0.4 is 26.5 Å². The van der Waals surface area contributed by atoms with E-state index in [1.165, 1.54) is 7.11 Å². The standard InChI is InChI=1S/C30H18N2O5/c1-13-11-18-25(23-21(13)27(33)14-7-3-5-9-16(14)29(23)35)32-19-12-20(37-2)22-24(26(19)31-18)30(36)17-10-6-4-8-15(17)28(22)34/h3-12,31-32H,1-2H3. The Morgan fingerprint density at radius 1 is 0.568 bits per heavy atom. The van der Waals surface area contributed by atoms with E-state index < -0.39 is 0 Å². The molecule has 0 aliphatic rings. The van der Waals surface area contributed by atoms with Crippen molar-refractivity contribution in [2.24, 2.45) is 0 Å². The Hall–Kier alpha value is -5.04. The summed E-state index contributed by atoms with van der Waals surface area (Å²) in [5.74, 6) is 0.244. The predicted octanol–water partition coefficient (Wildman–Crippen LogP) is 4.46. The molecule has 0 spiro atoms. The number of ether oxygens (including phenoxy) is 1. The molecule has 7 nitrogen and oxygen atoms in total. The summed E-state index contributed by atoms with van der Waals surface area (Å²) in [6.07, 6.45) is 0. The lowest BCUT2D eigenvalue weighted by atomic mass is 9.97. The minimum absolute atomic E-state index is 0.192. The van der Waals surface area contributed by atoms with Crippen molar-refractivity contribution < 1.29 is 4.74 Å². The largest absolute Gasteiger partial charge is 0.496 e. The molecule has 0 fully saturated rings. The van der Waals surface area contributed by atoms with Gasteiger partial charge in [-0.3, -0.25) is 19.2 Å². The summed E-state index contributed by atoms with van der Waals surface area (Å²) in [7, 11) is 1.44. The molecule has 0 bridgehead atoms. The molecule has 0 saturated carbocycles. The molecule has 37 heavy (non-hydrogen) atoms. The number of aromatic nitrogens is 2. The molecule has 6 aromatic carbocycles. The Bertz CT molecular complexity index is 2390.